The molecule has 0 amide bonds. The van der Waals surface area contributed by atoms with E-state index in [1.54, 1.807) is 18.2 Å². The number of rotatable bonds is 15. The number of aryl methyl sites for hydroxylation is 6. The lowest BCUT2D eigenvalue weighted by Gasteiger charge is -2.28. The van der Waals surface area contributed by atoms with E-state index in [2.05, 4.69) is 54.6 Å². The molecule has 99 heavy (non-hydrogen) atoms. The normalized spacial score (nSPS) is 16.8. The summed E-state index contributed by atoms with van der Waals surface area (Å²) in [6.07, 6.45) is 6.66. The number of benzene rings is 9. The van der Waals surface area contributed by atoms with Crippen molar-refractivity contribution < 1.29 is 59.9 Å². The van der Waals surface area contributed by atoms with E-state index in [1.165, 1.54) is 62.5 Å². The highest BCUT2D eigenvalue weighted by molar-refractivity contribution is 7.93. The molecular formula is C85H90F4O9S. The molecule has 9 atom stereocenters. The Kier molecular flexibility index (Phi) is 25.5. The van der Waals surface area contributed by atoms with Crippen molar-refractivity contribution in [3.8, 4) is 50.6 Å². The van der Waals surface area contributed by atoms with Gasteiger partial charge in [-0.25, -0.2) is 13.2 Å². The SMILES string of the molecule is COC(=O)C(C)C(C)c1ccc2c(c1)OC(c1ccc(-c3cc(C)ccc3F)cc1)CC2.COC(=O)C(C)C(C)c1ccc2c(c1)OC(c1ccc(-c3cc(C)ccc3F)cc1)CC2.COC(=O)C(C)C(C)c1ccc2c(c1)OC(c1ccc(-c3cc(C)ccc3F)cc1)CC2.CSF. The molecule has 9 aromatic carbocycles. The average Bonchev–Trinajstić information content (AvgIpc) is 0.813. The van der Waals surface area contributed by atoms with Gasteiger partial charge in [-0.2, -0.15) is 3.89 Å². The number of carbonyl (C=O) groups excluding carboxylic acids is 3. The fourth-order valence-electron chi connectivity index (χ4n) is 13.0. The lowest BCUT2D eigenvalue weighted by atomic mass is 9.87. The predicted molar refractivity (Wildman–Crippen MR) is 388 cm³/mol. The Morgan fingerprint density at radius 3 is 0.859 bits per heavy atom. The van der Waals surface area contributed by atoms with Crippen molar-refractivity contribution in [3.05, 3.63) is 266 Å². The molecule has 3 aliphatic heterocycles. The maximum atomic E-state index is 14.3. The Morgan fingerprint density at radius 2 is 0.626 bits per heavy atom. The van der Waals surface area contributed by atoms with Gasteiger partial charge in [0.15, 0.2) is 0 Å². The van der Waals surface area contributed by atoms with Crippen molar-refractivity contribution in [1.82, 2.24) is 0 Å². The molecule has 0 saturated heterocycles. The van der Waals surface area contributed by atoms with Gasteiger partial charge in [0.1, 0.15) is 53.0 Å². The first kappa shape index (κ1) is 74.1. The van der Waals surface area contributed by atoms with E-state index < -0.39 is 0 Å². The number of hydrogen-bond acceptors (Lipinski definition) is 10. The number of esters is 3. The first-order valence-electron chi connectivity index (χ1n) is 33.9. The highest BCUT2D eigenvalue weighted by Crippen LogP contribution is 2.43. The van der Waals surface area contributed by atoms with Crippen molar-refractivity contribution in [3.63, 3.8) is 0 Å². The minimum atomic E-state index is -0.230. The molecule has 0 saturated carbocycles. The molecule has 0 spiro atoms. The molecule has 518 valence electrons. The summed E-state index contributed by atoms with van der Waals surface area (Å²) in [6.45, 7) is 17.7. The van der Waals surface area contributed by atoms with Crippen molar-refractivity contribution in [1.29, 1.82) is 0 Å². The minimum Gasteiger partial charge on any atom is -0.485 e. The van der Waals surface area contributed by atoms with E-state index >= 15 is 0 Å². The van der Waals surface area contributed by atoms with Gasteiger partial charge in [0.05, 0.1) is 39.1 Å². The van der Waals surface area contributed by atoms with Crippen LogP contribution < -0.4 is 14.2 Å². The van der Waals surface area contributed by atoms with Crippen LogP contribution in [0, 0.1) is 56.0 Å². The quantitative estimate of drug-likeness (QED) is 0.0559. The van der Waals surface area contributed by atoms with Gasteiger partial charge in [0.2, 0.25) is 0 Å². The topological polar surface area (TPSA) is 107 Å². The molecule has 3 aliphatic rings. The van der Waals surface area contributed by atoms with E-state index in [-0.39, 0.29) is 101 Å². The standard InChI is InChI=1S/3C28H29FO3.CH3FS/c3*1-17-5-13-25(29)24(15-17)20-6-8-21(9-7-20)26-14-12-22-10-11-23(16-27(22)32-26)18(2)19(3)28(30)31-4;1-3-2/h3*5-11,13,15-16,18-19,26H,12,14H2,1-4H3;1H3. The third-order valence-electron chi connectivity index (χ3n) is 19.8. The molecule has 3 heterocycles. The number of hydrogen-bond donors (Lipinski definition) is 0. The third kappa shape index (κ3) is 18.2. The van der Waals surface area contributed by atoms with Crippen LogP contribution >= 0.6 is 12.1 Å². The molecule has 9 unspecified atom stereocenters. The first-order chi connectivity index (χ1) is 47.5. The fourth-order valence-corrected chi connectivity index (χ4v) is 13.0. The van der Waals surface area contributed by atoms with Crippen LogP contribution in [0.25, 0.3) is 33.4 Å². The maximum absolute atomic E-state index is 14.3. The number of carbonyl (C=O) groups is 3. The van der Waals surface area contributed by atoms with E-state index in [9.17, 15) is 31.4 Å². The number of halogens is 4. The highest BCUT2D eigenvalue weighted by atomic mass is 32.2. The summed E-state index contributed by atoms with van der Waals surface area (Å²) in [5, 5.41) is 0. The first-order valence-corrected chi connectivity index (χ1v) is 35.0. The molecular weight excluding hydrogens is 1270 g/mol. The summed E-state index contributed by atoms with van der Waals surface area (Å²) in [4.78, 5) is 35.8. The zero-order chi connectivity index (χ0) is 71.2. The van der Waals surface area contributed by atoms with Crippen molar-refractivity contribution >= 4 is 30.1 Å². The van der Waals surface area contributed by atoms with Gasteiger partial charge in [0, 0.05) is 35.1 Å². The second-order valence-corrected chi connectivity index (χ2v) is 26.6. The molecule has 0 aromatic heterocycles. The summed E-state index contributed by atoms with van der Waals surface area (Å²) in [6, 6.07) is 58.1. The average molecular weight is 1360 g/mol. The Balaban J connectivity index is 0.000000170. The minimum absolute atomic E-state index is 0.0280. The van der Waals surface area contributed by atoms with Crippen LogP contribution in [0.5, 0.6) is 17.2 Å². The Morgan fingerprint density at radius 1 is 0.384 bits per heavy atom. The Labute approximate surface area is 585 Å². The summed E-state index contributed by atoms with van der Waals surface area (Å²) in [5.74, 6) is 0.741. The zero-order valence-electron chi connectivity index (χ0n) is 58.9. The number of ether oxygens (including phenoxy) is 6. The highest BCUT2D eigenvalue weighted by Gasteiger charge is 2.30. The molecule has 0 N–H and O–H groups in total. The smallest absolute Gasteiger partial charge is 0.308 e. The Bertz CT molecular complexity index is 3820. The summed E-state index contributed by atoms with van der Waals surface area (Å²) in [7, 11) is 4.26. The second-order valence-electron chi connectivity index (χ2n) is 26.3. The molecule has 9 aromatic rings. The number of fused-ring (bicyclic) bond motifs is 3. The molecule has 0 radical (unpaired) electrons. The summed E-state index contributed by atoms with van der Waals surface area (Å²) in [5.41, 5.74) is 17.5. The zero-order valence-corrected chi connectivity index (χ0v) is 59.7. The van der Waals surface area contributed by atoms with Crippen molar-refractivity contribution in [2.75, 3.05) is 27.6 Å². The lowest BCUT2D eigenvalue weighted by molar-refractivity contribution is -0.146. The van der Waals surface area contributed by atoms with E-state index in [1.807, 2.05) is 153 Å². The molecule has 12 rings (SSSR count). The summed E-state index contributed by atoms with van der Waals surface area (Å²) < 4.78 is 86.8. The van der Waals surface area contributed by atoms with Crippen molar-refractivity contribution in [2.24, 2.45) is 17.8 Å². The molecule has 0 bridgehead atoms. The van der Waals surface area contributed by atoms with Gasteiger partial charge in [-0.3, -0.25) is 14.4 Å². The van der Waals surface area contributed by atoms with Crippen LogP contribution in [0.1, 0.15) is 164 Å². The molecule has 14 heteroatoms. The maximum Gasteiger partial charge on any atom is 0.308 e. The second kappa shape index (κ2) is 34.1. The number of methoxy groups -OCH3 is 3. The van der Waals surface area contributed by atoms with E-state index in [0.29, 0.717) is 16.7 Å². The van der Waals surface area contributed by atoms with Crippen LogP contribution in [0.4, 0.5) is 17.1 Å². The molecule has 0 aliphatic carbocycles. The van der Waals surface area contributed by atoms with Crippen LogP contribution in [-0.2, 0) is 47.9 Å². The van der Waals surface area contributed by atoms with Crippen molar-refractivity contribution in [2.45, 2.75) is 137 Å². The third-order valence-corrected chi connectivity index (χ3v) is 19.8. The van der Waals surface area contributed by atoms with Gasteiger partial charge >= 0.3 is 17.9 Å². The lowest BCUT2D eigenvalue weighted by Crippen LogP contribution is -2.20. The van der Waals surface area contributed by atoms with Gasteiger partial charge in [-0.15, -0.1) is 0 Å². The van der Waals surface area contributed by atoms with Gasteiger partial charge in [-0.05, 0) is 198 Å². The summed E-state index contributed by atoms with van der Waals surface area (Å²) >= 11 is 0.250. The largest absolute Gasteiger partial charge is 0.485 e. The fraction of sp³-hybridized carbons (Fsp3) is 0.329. The molecule has 9 nitrogen and oxygen atoms in total. The monoisotopic (exact) mass is 1360 g/mol. The van der Waals surface area contributed by atoms with Gasteiger partial charge in [0.25, 0.3) is 0 Å². The van der Waals surface area contributed by atoms with E-state index in [0.717, 1.165) is 123 Å². The Hall–Kier alpha value is -9.14. The van der Waals surface area contributed by atoms with Crippen LogP contribution in [0.3, 0.4) is 0 Å². The van der Waals surface area contributed by atoms with Crippen LogP contribution in [-0.4, -0.2) is 45.5 Å². The van der Waals surface area contributed by atoms with Gasteiger partial charge in [-0.1, -0.05) is 186 Å². The predicted octanol–water partition coefficient (Wildman–Crippen LogP) is 21.6. The molecule has 0 fully saturated rings. The van der Waals surface area contributed by atoms with E-state index in [4.69, 9.17) is 28.4 Å². The van der Waals surface area contributed by atoms with Crippen LogP contribution in [0.2, 0.25) is 0 Å². The van der Waals surface area contributed by atoms with Gasteiger partial charge < -0.3 is 28.4 Å². The van der Waals surface area contributed by atoms with Crippen LogP contribution in [0.15, 0.2) is 182 Å².